The summed E-state index contributed by atoms with van der Waals surface area (Å²) in [6.45, 7) is 28.5. The van der Waals surface area contributed by atoms with Crippen LogP contribution in [-0.2, 0) is 19.1 Å². The molecule has 6 heteroatoms. The van der Waals surface area contributed by atoms with E-state index in [1.54, 1.807) is 5.57 Å². The fourth-order valence-corrected chi connectivity index (χ4v) is 8.45. The first-order valence-electron chi connectivity index (χ1n) is 26.6. The molecular weight excluding hydrogens is 765 g/mol. The summed E-state index contributed by atoms with van der Waals surface area (Å²) in [5.74, 6) is 4.58. The molecule has 4 atom stereocenters. The monoisotopic (exact) mass is 873 g/mol. The molecule has 0 bridgehead atoms. The molecule has 0 aromatic carbocycles. The molecule has 0 rings (SSSR count). The number of hydrogen-bond donors (Lipinski definition) is 0. The predicted molar refractivity (Wildman–Crippen MR) is 271 cm³/mol. The van der Waals surface area contributed by atoms with Crippen LogP contribution in [0.4, 0.5) is 0 Å². The average molecular weight is 873 g/mol. The number of rotatable bonds is 43. The van der Waals surface area contributed by atoms with Gasteiger partial charge >= 0.3 is 11.9 Å². The maximum atomic E-state index is 12.4. The summed E-state index contributed by atoms with van der Waals surface area (Å²) in [4.78, 5) is 29.6. The highest BCUT2D eigenvalue weighted by Crippen LogP contribution is 2.23. The molecule has 0 aromatic heterocycles. The Morgan fingerprint density at radius 3 is 1.40 bits per heavy atom. The van der Waals surface area contributed by atoms with E-state index in [2.05, 4.69) is 105 Å². The van der Waals surface area contributed by atoms with Crippen LogP contribution in [0.1, 0.15) is 236 Å². The number of esters is 2. The summed E-state index contributed by atoms with van der Waals surface area (Å²) < 4.78 is 11.2. The molecule has 0 heterocycles. The molecule has 0 aliphatic rings. The molecule has 6 nitrogen and oxygen atoms in total. The van der Waals surface area contributed by atoms with Crippen molar-refractivity contribution in [2.45, 2.75) is 236 Å². The van der Waals surface area contributed by atoms with E-state index in [-0.39, 0.29) is 11.9 Å². The van der Waals surface area contributed by atoms with Gasteiger partial charge < -0.3 is 19.3 Å². The molecule has 0 aliphatic heterocycles. The van der Waals surface area contributed by atoms with Gasteiger partial charge in [0.25, 0.3) is 0 Å². The third-order valence-electron chi connectivity index (χ3n) is 13.2. The molecule has 0 amide bonds. The Balaban J connectivity index is 4.06. The molecule has 0 radical (unpaired) electrons. The number of hydrogen-bond acceptors (Lipinski definition) is 6. The van der Waals surface area contributed by atoms with E-state index in [1.165, 1.54) is 108 Å². The summed E-state index contributed by atoms with van der Waals surface area (Å²) in [7, 11) is 4.26. The van der Waals surface area contributed by atoms with Gasteiger partial charge in [-0.1, -0.05) is 156 Å². The van der Waals surface area contributed by atoms with Gasteiger partial charge in [0.2, 0.25) is 0 Å². The second-order valence-electron chi connectivity index (χ2n) is 21.4. The number of carbonyl (C=O) groups is 2. The third kappa shape index (κ3) is 42.3. The average Bonchev–Trinajstić information content (AvgIpc) is 3.19. The van der Waals surface area contributed by atoms with E-state index in [1.807, 2.05) is 0 Å². The molecule has 0 aromatic rings. The van der Waals surface area contributed by atoms with Gasteiger partial charge in [-0.05, 0) is 153 Å². The quantitative estimate of drug-likeness (QED) is 0.0346. The fourth-order valence-electron chi connectivity index (χ4n) is 8.45. The maximum absolute atomic E-state index is 12.4. The van der Waals surface area contributed by atoms with Crippen LogP contribution in [0, 0.1) is 35.5 Å². The van der Waals surface area contributed by atoms with Crippen LogP contribution in [-0.4, -0.2) is 75.2 Å². The summed E-state index contributed by atoms with van der Waals surface area (Å²) in [6, 6.07) is 0. The van der Waals surface area contributed by atoms with Crippen molar-refractivity contribution in [1.29, 1.82) is 0 Å². The largest absolute Gasteiger partial charge is 0.466 e. The van der Waals surface area contributed by atoms with Crippen LogP contribution in [0.5, 0.6) is 0 Å². The zero-order valence-corrected chi connectivity index (χ0v) is 43.8. The Kier molecular flexibility index (Phi) is 39.7. The van der Waals surface area contributed by atoms with Crippen LogP contribution < -0.4 is 0 Å². The standard InChI is InChI=1S/C56H108N2O4/c1-47(2)25-19-27-49(5)29-21-31-51(7)33-23-35-53(9)39-45-61-55(59)37-15-13-17-41-58(44-43-57(11)12)42-18-14-16-38-56(60)62-46-40-54(10)36-24-34-52(8)32-22-30-50(6)28-20-26-48(3)4/h29,39,47-48,50-52,54H,13-28,30-38,40-46H2,1-12H3/b49-29+,53-39+. The van der Waals surface area contributed by atoms with Gasteiger partial charge in [0.05, 0.1) is 6.61 Å². The lowest BCUT2D eigenvalue weighted by Crippen LogP contribution is -2.33. The van der Waals surface area contributed by atoms with E-state index in [0.717, 1.165) is 107 Å². The van der Waals surface area contributed by atoms with Crippen molar-refractivity contribution in [1.82, 2.24) is 9.80 Å². The van der Waals surface area contributed by atoms with Crippen molar-refractivity contribution in [3.63, 3.8) is 0 Å². The second kappa shape index (κ2) is 40.8. The molecule has 0 spiro atoms. The lowest BCUT2D eigenvalue weighted by atomic mass is 9.91. The topological polar surface area (TPSA) is 59.1 Å². The molecule has 0 N–H and O–H groups in total. The van der Waals surface area contributed by atoms with E-state index in [0.29, 0.717) is 32.0 Å². The molecule has 366 valence electrons. The van der Waals surface area contributed by atoms with Gasteiger partial charge in [0, 0.05) is 25.9 Å². The van der Waals surface area contributed by atoms with E-state index in [9.17, 15) is 9.59 Å². The van der Waals surface area contributed by atoms with Gasteiger partial charge in [-0.25, -0.2) is 0 Å². The van der Waals surface area contributed by atoms with Gasteiger partial charge in [0.1, 0.15) is 6.61 Å². The van der Waals surface area contributed by atoms with E-state index in [4.69, 9.17) is 9.47 Å². The van der Waals surface area contributed by atoms with Gasteiger partial charge in [-0.3, -0.25) is 9.59 Å². The number of likely N-dealkylation sites (N-methyl/N-ethyl adjacent to an activating group) is 1. The first-order chi connectivity index (χ1) is 29.6. The fraction of sp³-hybridized carbons (Fsp3) is 0.893. The SMILES string of the molecule is C/C(=C\CCC(C)CCC/C(C)=C/COC(=O)CCCCCN(CCCCCC(=O)OCCC(C)CCCC(C)CCCC(C)CCCC(C)C)CCN(C)C)CCCC(C)C. The number of allylic oxidation sites excluding steroid dienone is 3. The van der Waals surface area contributed by atoms with Crippen LogP contribution in [0.25, 0.3) is 0 Å². The molecule has 0 fully saturated rings. The van der Waals surface area contributed by atoms with Crippen molar-refractivity contribution in [3.8, 4) is 0 Å². The Labute approximate surface area is 388 Å². The highest BCUT2D eigenvalue weighted by Gasteiger charge is 2.11. The number of ether oxygens (including phenoxy) is 2. The molecular formula is C56H108N2O4. The second-order valence-corrected chi connectivity index (χ2v) is 21.4. The maximum Gasteiger partial charge on any atom is 0.306 e. The minimum atomic E-state index is -0.0773. The molecule has 0 saturated carbocycles. The molecule has 0 aliphatic carbocycles. The van der Waals surface area contributed by atoms with Crippen molar-refractivity contribution in [2.75, 3.05) is 53.5 Å². The highest BCUT2D eigenvalue weighted by atomic mass is 16.5. The van der Waals surface area contributed by atoms with Gasteiger partial charge in [-0.2, -0.15) is 0 Å². The van der Waals surface area contributed by atoms with Crippen LogP contribution >= 0.6 is 0 Å². The number of nitrogens with zero attached hydrogens (tertiary/aromatic N) is 2. The van der Waals surface area contributed by atoms with Crippen molar-refractivity contribution in [2.24, 2.45) is 35.5 Å². The van der Waals surface area contributed by atoms with E-state index >= 15 is 0 Å². The summed E-state index contributed by atoms with van der Waals surface area (Å²) in [5.41, 5.74) is 2.88. The predicted octanol–water partition coefficient (Wildman–Crippen LogP) is 15.8. The summed E-state index contributed by atoms with van der Waals surface area (Å²) in [6.07, 6.45) is 34.7. The van der Waals surface area contributed by atoms with Gasteiger partial charge in [-0.15, -0.1) is 0 Å². The highest BCUT2D eigenvalue weighted by molar-refractivity contribution is 5.69. The van der Waals surface area contributed by atoms with Crippen LogP contribution in [0.2, 0.25) is 0 Å². The number of carbonyl (C=O) groups excluding carboxylic acids is 2. The lowest BCUT2D eigenvalue weighted by molar-refractivity contribution is -0.144. The Bertz CT molecular complexity index is 1110. The lowest BCUT2D eigenvalue weighted by Gasteiger charge is -2.24. The van der Waals surface area contributed by atoms with Crippen LogP contribution in [0.3, 0.4) is 0 Å². The molecule has 0 saturated heterocycles. The van der Waals surface area contributed by atoms with E-state index < -0.39 is 0 Å². The Morgan fingerprint density at radius 2 is 0.871 bits per heavy atom. The Hall–Kier alpha value is -1.66. The smallest absolute Gasteiger partial charge is 0.306 e. The van der Waals surface area contributed by atoms with Crippen LogP contribution in [0.15, 0.2) is 23.3 Å². The Morgan fingerprint density at radius 1 is 0.435 bits per heavy atom. The summed E-state index contributed by atoms with van der Waals surface area (Å²) >= 11 is 0. The normalized spacial score (nSPS) is 14.6. The minimum absolute atomic E-state index is 0.0317. The summed E-state index contributed by atoms with van der Waals surface area (Å²) in [5, 5.41) is 0. The van der Waals surface area contributed by atoms with Crippen molar-refractivity contribution >= 4 is 11.9 Å². The third-order valence-corrected chi connectivity index (χ3v) is 13.2. The minimum Gasteiger partial charge on any atom is -0.466 e. The zero-order valence-electron chi connectivity index (χ0n) is 43.8. The molecule has 4 unspecified atom stereocenters. The zero-order chi connectivity index (χ0) is 46.4. The van der Waals surface area contributed by atoms with Crippen molar-refractivity contribution < 1.29 is 19.1 Å². The van der Waals surface area contributed by atoms with Gasteiger partial charge in [0.15, 0.2) is 0 Å². The number of unbranched alkanes of at least 4 members (excludes halogenated alkanes) is 4. The first-order valence-corrected chi connectivity index (χ1v) is 26.6. The van der Waals surface area contributed by atoms with Crippen molar-refractivity contribution in [3.05, 3.63) is 23.3 Å². The first kappa shape index (κ1) is 60.3. The molecule has 62 heavy (non-hydrogen) atoms.